The van der Waals surface area contributed by atoms with Gasteiger partial charge in [0.1, 0.15) is 5.56 Å². The Labute approximate surface area is 77.2 Å². The summed E-state index contributed by atoms with van der Waals surface area (Å²) in [5, 5.41) is 8.57. The van der Waals surface area contributed by atoms with Crippen LogP contribution in [0.15, 0.2) is 10.9 Å². The number of carboxylic acid groups (broad SMARTS) is 1. The van der Waals surface area contributed by atoms with Crippen LogP contribution in [0.4, 0.5) is 8.78 Å². The van der Waals surface area contributed by atoms with Crippen molar-refractivity contribution in [1.29, 1.82) is 0 Å². The van der Waals surface area contributed by atoms with Crippen molar-refractivity contribution in [2.75, 3.05) is 0 Å². The predicted octanol–water partition coefficient (Wildman–Crippen LogP) is 1.32. The Morgan fingerprint density at radius 2 is 2.14 bits per heavy atom. The summed E-state index contributed by atoms with van der Waals surface area (Å²) < 4.78 is 24.3. The van der Waals surface area contributed by atoms with Gasteiger partial charge in [0.2, 0.25) is 0 Å². The summed E-state index contributed by atoms with van der Waals surface area (Å²) in [5.41, 5.74) is -2.06. The second-order valence-electron chi connectivity index (χ2n) is 2.69. The highest BCUT2D eigenvalue weighted by Crippen LogP contribution is 2.15. The van der Waals surface area contributed by atoms with Gasteiger partial charge in [-0.1, -0.05) is 0 Å². The van der Waals surface area contributed by atoms with Crippen LogP contribution in [0.1, 0.15) is 28.2 Å². The Morgan fingerprint density at radius 1 is 1.57 bits per heavy atom. The molecule has 0 aliphatic carbocycles. The number of halogens is 2. The molecule has 14 heavy (non-hydrogen) atoms. The first-order valence-corrected chi connectivity index (χ1v) is 3.68. The van der Waals surface area contributed by atoms with Gasteiger partial charge in [0.25, 0.3) is 6.43 Å². The van der Waals surface area contributed by atoms with E-state index < -0.39 is 29.1 Å². The molecule has 0 amide bonds. The molecule has 1 rings (SSSR count). The molecule has 0 aromatic carbocycles. The molecule has 0 aliphatic heterocycles. The van der Waals surface area contributed by atoms with Crippen molar-refractivity contribution in [3.8, 4) is 0 Å². The summed E-state index contributed by atoms with van der Waals surface area (Å²) in [6.07, 6.45) is -2.82. The monoisotopic (exact) mass is 203 g/mol. The van der Waals surface area contributed by atoms with E-state index in [1.807, 2.05) is 0 Å². The topological polar surface area (TPSA) is 70.2 Å². The Hall–Kier alpha value is -1.72. The maximum Gasteiger partial charge on any atom is 0.341 e. The highest BCUT2D eigenvalue weighted by atomic mass is 19.3. The van der Waals surface area contributed by atoms with Gasteiger partial charge in [0, 0.05) is 11.8 Å². The predicted molar refractivity (Wildman–Crippen MR) is 43.7 cm³/mol. The van der Waals surface area contributed by atoms with Crippen molar-refractivity contribution in [2.45, 2.75) is 13.3 Å². The molecule has 4 nitrogen and oxygen atoms in total. The number of carbonyl (C=O) groups is 1. The van der Waals surface area contributed by atoms with Crippen molar-refractivity contribution in [3.63, 3.8) is 0 Å². The third kappa shape index (κ3) is 1.78. The van der Waals surface area contributed by atoms with Crippen LogP contribution >= 0.6 is 0 Å². The summed E-state index contributed by atoms with van der Waals surface area (Å²) in [7, 11) is 0. The Bertz CT molecular complexity index is 425. The molecular formula is C8H7F2NO3. The molecule has 0 saturated heterocycles. The molecule has 0 radical (unpaired) electrons. The summed E-state index contributed by atoms with van der Waals surface area (Å²) in [4.78, 5) is 23.8. The van der Waals surface area contributed by atoms with Crippen molar-refractivity contribution < 1.29 is 18.7 Å². The van der Waals surface area contributed by atoms with Crippen molar-refractivity contribution >= 4 is 5.97 Å². The van der Waals surface area contributed by atoms with Crippen LogP contribution in [0, 0.1) is 6.92 Å². The standard InChI is InChI=1S/C8H7F2NO3/c1-3-6(8(13)14)5(12)2-4(11-3)7(9)10/h2,7H,1H3,(H,11,12)(H,13,14). The van der Waals surface area contributed by atoms with E-state index in [4.69, 9.17) is 5.11 Å². The smallest absolute Gasteiger partial charge is 0.341 e. The lowest BCUT2D eigenvalue weighted by Gasteiger charge is -2.04. The van der Waals surface area contributed by atoms with Crippen LogP contribution < -0.4 is 5.43 Å². The van der Waals surface area contributed by atoms with E-state index in [9.17, 15) is 18.4 Å². The largest absolute Gasteiger partial charge is 0.477 e. The van der Waals surface area contributed by atoms with Crippen LogP contribution in [0.3, 0.4) is 0 Å². The van der Waals surface area contributed by atoms with Crippen LogP contribution in [0.2, 0.25) is 0 Å². The highest BCUT2D eigenvalue weighted by Gasteiger charge is 2.16. The summed E-state index contributed by atoms with van der Waals surface area (Å²) in [5.74, 6) is -1.43. The zero-order valence-corrected chi connectivity index (χ0v) is 7.17. The number of aromatic nitrogens is 1. The molecule has 0 fully saturated rings. The Balaban J connectivity index is 3.40. The summed E-state index contributed by atoms with van der Waals surface area (Å²) >= 11 is 0. The van der Waals surface area contributed by atoms with E-state index in [2.05, 4.69) is 4.98 Å². The number of aryl methyl sites for hydroxylation is 1. The third-order valence-electron chi connectivity index (χ3n) is 1.69. The number of H-pyrrole nitrogens is 1. The molecule has 0 atom stereocenters. The second kappa shape index (κ2) is 3.57. The van der Waals surface area contributed by atoms with E-state index >= 15 is 0 Å². The van der Waals surface area contributed by atoms with E-state index in [0.29, 0.717) is 6.07 Å². The van der Waals surface area contributed by atoms with Crippen molar-refractivity contribution in [2.24, 2.45) is 0 Å². The van der Waals surface area contributed by atoms with E-state index in [-0.39, 0.29) is 5.69 Å². The lowest BCUT2D eigenvalue weighted by Crippen LogP contribution is -2.18. The van der Waals surface area contributed by atoms with E-state index in [0.717, 1.165) is 0 Å². The first-order valence-electron chi connectivity index (χ1n) is 3.68. The van der Waals surface area contributed by atoms with Crippen LogP contribution in [-0.4, -0.2) is 16.1 Å². The van der Waals surface area contributed by atoms with Gasteiger partial charge in [-0.15, -0.1) is 0 Å². The minimum Gasteiger partial charge on any atom is -0.477 e. The molecule has 0 spiro atoms. The second-order valence-corrected chi connectivity index (χ2v) is 2.69. The molecule has 0 unspecified atom stereocenters. The van der Waals surface area contributed by atoms with Crippen LogP contribution in [0.25, 0.3) is 0 Å². The number of nitrogens with one attached hydrogen (secondary N) is 1. The molecule has 1 aromatic rings. The van der Waals surface area contributed by atoms with Gasteiger partial charge in [-0.05, 0) is 6.92 Å². The minimum atomic E-state index is -2.82. The number of hydrogen-bond donors (Lipinski definition) is 2. The number of rotatable bonds is 2. The molecule has 76 valence electrons. The van der Waals surface area contributed by atoms with Crippen molar-refractivity contribution in [3.05, 3.63) is 33.2 Å². The molecule has 1 heterocycles. The first-order chi connectivity index (χ1) is 6.43. The average molecular weight is 203 g/mol. The first kappa shape index (κ1) is 10.4. The fourth-order valence-corrected chi connectivity index (χ4v) is 1.10. The Kier molecular flexibility index (Phi) is 2.64. The number of alkyl halides is 2. The summed E-state index contributed by atoms with van der Waals surface area (Å²) in [6, 6.07) is 0.598. The van der Waals surface area contributed by atoms with Crippen LogP contribution in [-0.2, 0) is 0 Å². The fourth-order valence-electron chi connectivity index (χ4n) is 1.10. The number of hydrogen-bond acceptors (Lipinski definition) is 2. The Morgan fingerprint density at radius 3 is 2.50 bits per heavy atom. The van der Waals surface area contributed by atoms with Gasteiger partial charge >= 0.3 is 5.97 Å². The van der Waals surface area contributed by atoms with Gasteiger partial charge in [-0.25, -0.2) is 13.6 Å². The minimum absolute atomic E-state index is 0.0692. The zero-order chi connectivity index (χ0) is 10.9. The quantitative estimate of drug-likeness (QED) is 0.761. The fraction of sp³-hybridized carbons (Fsp3) is 0.250. The molecular weight excluding hydrogens is 196 g/mol. The normalized spacial score (nSPS) is 10.6. The SMILES string of the molecule is Cc1[nH]c(C(F)F)cc(=O)c1C(=O)O. The number of pyridine rings is 1. The number of carboxylic acids is 1. The van der Waals surface area contributed by atoms with E-state index in [1.165, 1.54) is 6.92 Å². The third-order valence-corrected chi connectivity index (χ3v) is 1.69. The van der Waals surface area contributed by atoms with Gasteiger partial charge in [0.05, 0.1) is 5.69 Å². The lowest BCUT2D eigenvalue weighted by molar-refractivity contribution is 0.0693. The lowest BCUT2D eigenvalue weighted by atomic mass is 10.2. The summed E-state index contributed by atoms with van der Waals surface area (Å²) in [6.45, 7) is 1.26. The maximum atomic E-state index is 12.1. The molecule has 2 N–H and O–H groups in total. The number of aromatic carboxylic acids is 1. The maximum absolute atomic E-state index is 12.1. The molecule has 0 saturated carbocycles. The van der Waals surface area contributed by atoms with Gasteiger partial charge in [0.15, 0.2) is 5.43 Å². The van der Waals surface area contributed by atoms with E-state index in [1.54, 1.807) is 0 Å². The van der Waals surface area contributed by atoms with Crippen molar-refractivity contribution in [1.82, 2.24) is 4.98 Å². The highest BCUT2D eigenvalue weighted by molar-refractivity contribution is 5.88. The van der Waals surface area contributed by atoms with Gasteiger partial charge in [-0.2, -0.15) is 0 Å². The van der Waals surface area contributed by atoms with Gasteiger partial charge < -0.3 is 10.1 Å². The molecule has 1 aromatic heterocycles. The van der Waals surface area contributed by atoms with Gasteiger partial charge in [-0.3, -0.25) is 4.79 Å². The molecule has 6 heteroatoms. The number of aromatic amines is 1. The van der Waals surface area contributed by atoms with Crippen LogP contribution in [0.5, 0.6) is 0 Å². The zero-order valence-electron chi connectivity index (χ0n) is 7.17. The average Bonchev–Trinajstić information content (AvgIpc) is 2.01. The molecule has 0 bridgehead atoms. The molecule has 0 aliphatic rings.